The summed E-state index contributed by atoms with van der Waals surface area (Å²) in [7, 11) is 0. The van der Waals surface area contributed by atoms with E-state index in [1.54, 1.807) is 6.07 Å². The van der Waals surface area contributed by atoms with Crippen LogP contribution in [-0.2, 0) is 4.79 Å². The first-order valence-electron chi connectivity index (χ1n) is 3.66. The molecule has 0 aliphatic carbocycles. The Bertz CT molecular complexity index is 411. The Hall–Kier alpha value is -1.93. The number of carboxylic acids is 1. The van der Waals surface area contributed by atoms with Crippen LogP contribution in [0.1, 0.15) is 17.2 Å². The lowest BCUT2D eigenvalue weighted by Crippen LogP contribution is -2.12. The van der Waals surface area contributed by atoms with E-state index in [2.05, 4.69) is 0 Å². The molecule has 1 aromatic rings. The van der Waals surface area contributed by atoms with E-state index in [0.717, 1.165) is 18.2 Å². The highest BCUT2D eigenvalue weighted by molar-refractivity contribution is 5.75. The van der Waals surface area contributed by atoms with E-state index < -0.39 is 17.9 Å². The third-order valence-electron chi connectivity index (χ3n) is 1.66. The second-order valence-electron chi connectivity index (χ2n) is 2.58. The summed E-state index contributed by atoms with van der Waals surface area (Å²) in [5, 5.41) is 26.2. The van der Waals surface area contributed by atoms with Gasteiger partial charge in [-0.3, -0.25) is 0 Å². The van der Waals surface area contributed by atoms with Gasteiger partial charge in [-0.05, 0) is 12.1 Å². The second kappa shape index (κ2) is 3.85. The third kappa shape index (κ3) is 1.87. The van der Waals surface area contributed by atoms with Crippen molar-refractivity contribution >= 4 is 5.97 Å². The monoisotopic (exact) mass is 195 g/mol. The molecule has 0 amide bonds. The standard InChI is InChI=1S/C9H6FNO3/c10-6-1-2-7(5(3-6)4-11)8(12)9(13)14/h1-3,8,12H,(H,13,14). The number of halogens is 1. The van der Waals surface area contributed by atoms with Gasteiger partial charge in [0.25, 0.3) is 0 Å². The molecule has 0 bridgehead atoms. The van der Waals surface area contributed by atoms with Gasteiger partial charge in [0, 0.05) is 5.56 Å². The van der Waals surface area contributed by atoms with Crippen LogP contribution in [0.25, 0.3) is 0 Å². The molecule has 1 aromatic carbocycles. The molecular formula is C9H6FNO3. The Balaban J connectivity index is 3.22. The fourth-order valence-electron chi connectivity index (χ4n) is 0.997. The number of carbonyl (C=O) groups is 1. The molecule has 0 saturated heterocycles. The number of rotatable bonds is 2. The summed E-state index contributed by atoms with van der Waals surface area (Å²) in [5.74, 6) is -2.13. The zero-order valence-electron chi connectivity index (χ0n) is 6.94. The van der Waals surface area contributed by atoms with E-state index in [1.165, 1.54) is 0 Å². The summed E-state index contributed by atoms with van der Waals surface area (Å²) in [6.07, 6.45) is -1.80. The molecule has 0 fully saturated rings. The number of benzene rings is 1. The molecule has 0 saturated carbocycles. The molecule has 0 aliphatic heterocycles. The Morgan fingerprint density at radius 3 is 2.71 bits per heavy atom. The summed E-state index contributed by atoms with van der Waals surface area (Å²) in [4.78, 5) is 10.4. The number of hydrogen-bond acceptors (Lipinski definition) is 3. The van der Waals surface area contributed by atoms with Gasteiger partial charge < -0.3 is 10.2 Å². The largest absolute Gasteiger partial charge is 0.479 e. The third-order valence-corrected chi connectivity index (χ3v) is 1.66. The van der Waals surface area contributed by atoms with Crippen molar-refractivity contribution < 1.29 is 19.4 Å². The maximum absolute atomic E-state index is 12.6. The number of nitriles is 1. The fourth-order valence-corrected chi connectivity index (χ4v) is 0.997. The topological polar surface area (TPSA) is 81.3 Å². The lowest BCUT2D eigenvalue weighted by Gasteiger charge is -2.06. The van der Waals surface area contributed by atoms with Crippen molar-refractivity contribution in [2.45, 2.75) is 6.10 Å². The fraction of sp³-hybridized carbons (Fsp3) is 0.111. The number of aliphatic hydroxyl groups excluding tert-OH is 1. The van der Waals surface area contributed by atoms with Crippen molar-refractivity contribution in [3.63, 3.8) is 0 Å². The molecule has 14 heavy (non-hydrogen) atoms. The van der Waals surface area contributed by atoms with Crippen LogP contribution >= 0.6 is 0 Å². The van der Waals surface area contributed by atoms with Crippen molar-refractivity contribution in [1.29, 1.82) is 5.26 Å². The summed E-state index contributed by atoms with van der Waals surface area (Å²) < 4.78 is 12.6. The minimum atomic E-state index is -1.80. The van der Waals surface area contributed by atoms with E-state index in [0.29, 0.717) is 0 Å². The van der Waals surface area contributed by atoms with Crippen LogP contribution in [0, 0.1) is 17.1 Å². The van der Waals surface area contributed by atoms with Gasteiger partial charge in [-0.25, -0.2) is 9.18 Å². The minimum absolute atomic E-state index is 0.110. The second-order valence-corrected chi connectivity index (χ2v) is 2.58. The first-order valence-corrected chi connectivity index (χ1v) is 3.66. The summed E-state index contributed by atoms with van der Waals surface area (Å²) >= 11 is 0. The molecule has 1 atom stereocenters. The average Bonchev–Trinajstić information content (AvgIpc) is 2.16. The number of aliphatic carboxylic acids is 1. The number of nitrogens with zero attached hydrogens (tertiary/aromatic N) is 1. The Kier molecular flexibility index (Phi) is 2.79. The van der Waals surface area contributed by atoms with Crippen molar-refractivity contribution in [3.05, 3.63) is 35.1 Å². The van der Waals surface area contributed by atoms with E-state index in [4.69, 9.17) is 15.5 Å². The first kappa shape index (κ1) is 10.2. The SMILES string of the molecule is N#Cc1cc(F)ccc1C(O)C(=O)O. The van der Waals surface area contributed by atoms with E-state index in [-0.39, 0.29) is 11.1 Å². The molecule has 1 rings (SSSR count). The smallest absolute Gasteiger partial charge is 0.337 e. The lowest BCUT2D eigenvalue weighted by molar-refractivity contribution is -0.146. The van der Waals surface area contributed by atoms with Crippen LogP contribution in [-0.4, -0.2) is 16.2 Å². The van der Waals surface area contributed by atoms with E-state index in [9.17, 15) is 9.18 Å². The maximum Gasteiger partial charge on any atom is 0.337 e. The van der Waals surface area contributed by atoms with Crippen molar-refractivity contribution in [1.82, 2.24) is 0 Å². The molecule has 5 heteroatoms. The first-order chi connectivity index (χ1) is 6.56. The Labute approximate surface area is 78.8 Å². The lowest BCUT2D eigenvalue weighted by atomic mass is 10.0. The van der Waals surface area contributed by atoms with Crippen LogP contribution in [0.15, 0.2) is 18.2 Å². The van der Waals surface area contributed by atoms with Gasteiger partial charge in [0.05, 0.1) is 11.6 Å². The van der Waals surface area contributed by atoms with Crippen molar-refractivity contribution in [2.75, 3.05) is 0 Å². The van der Waals surface area contributed by atoms with Gasteiger partial charge in [0.15, 0.2) is 6.10 Å². The van der Waals surface area contributed by atoms with E-state index >= 15 is 0 Å². The van der Waals surface area contributed by atoms with Gasteiger partial charge >= 0.3 is 5.97 Å². The molecule has 2 N–H and O–H groups in total. The molecule has 0 aromatic heterocycles. The highest BCUT2D eigenvalue weighted by Crippen LogP contribution is 2.18. The predicted octanol–water partition coefficient (Wildman–Crippen LogP) is 0.815. The van der Waals surface area contributed by atoms with Crippen LogP contribution in [0.4, 0.5) is 4.39 Å². The molecule has 72 valence electrons. The van der Waals surface area contributed by atoms with E-state index in [1.807, 2.05) is 0 Å². The van der Waals surface area contributed by atoms with Gasteiger partial charge in [-0.15, -0.1) is 0 Å². The quantitative estimate of drug-likeness (QED) is 0.731. The van der Waals surface area contributed by atoms with Crippen LogP contribution < -0.4 is 0 Å². The molecule has 0 aliphatic rings. The summed E-state index contributed by atoms with van der Waals surface area (Å²) in [6.45, 7) is 0. The molecule has 0 heterocycles. The van der Waals surface area contributed by atoms with Crippen LogP contribution in [0.5, 0.6) is 0 Å². The Morgan fingerprint density at radius 2 is 2.21 bits per heavy atom. The summed E-state index contributed by atoms with van der Waals surface area (Å²) in [6, 6.07) is 4.55. The number of carboxylic acid groups (broad SMARTS) is 1. The Morgan fingerprint density at radius 1 is 1.57 bits per heavy atom. The van der Waals surface area contributed by atoms with Crippen molar-refractivity contribution in [2.24, 2.45) is 0 Å². The zero-order valence-corrected chi connectivity index (χ0v) is 6.94. The van der Waals surface area contributed by atoms with Crippen LogP contribution in [0.2, 0.25) is 0 Å². The van der Waals surface area contributed by atoms with Gasteiger partial charge in [0.2, 0.25) is 0 Å². The van der Waals surface area contributed by atoms with Crippen molar-refractivity contribution in [3.8, 4) is 6.07 Å². The zero-order chi connectivity index (χ0) is 10.7. The van der Waals surface area contributed by atoms with Gasteiger partial charge in [-0.2, -0.15) is 5.26 Å². The van der Waals surface area contributed by atoms with Gasteiger partial charge in [-0.1, -0.05) is 6.07 Å². The molecular weight excluding hydrogens is 189 g/mol. The maximum atomic E-state index is 12.6. The van der Waals surface area contributed by atoms with Gasteiger partial charge in [0.1, 0.15) is 5.82 Å². The van der Waals surface area contributed by atoms with Crippen LogP contribution in [0.3, 0.4) is 0 Å². The molecule has 0 spiro atoms. The minimum Gasteiger partial charge on any atom is -0.479 e. The average molecular weight is 195 g/mol. The molecule has 1 unspecified atom stereocenters. The number of aliphatic hydroxyl groups is 1. The molecule has 4 nitrogen and oxygen atoms in total. The molecule has 0 radical (unpaired) electrons. The number of hydrogen-bond donors (Lipinski definition) is 2. The summed E-state index contributed by atoms with van der Waals surface area (Å²) in [5.41, 5.74) is -0.290. The highest BCUT2D eigenvalue weighted by Gasteiger charge is 2.19. The predicted molar refractivity (Wildman–Crippen MR) is 43.7 cm³/mol. The normalized spacial score (nSPS) is 11.8. The highest BCUT2D eigenvalue weighted by atomic mass is 19.1.